The second-order valence-corrected chi connectivity index (χ2v) is 12.1. The van der Waals surface area contributed by atoms with Crippen molar-refractivity contribution in [3.63, 3.8) is 0 Å². The lowest BCUT2D eigenvalue weighted by molar-refractivity contribution is 0.0965. The Morgan fingerprint density at radius 3 is 1.97 bits per heavy atom. The molecule has 0 fully saturated rings. The van der Waals surface area contributed by atoms with Gasteiger partial charge in [-0.3, -0.25) is 4.79 Å². The minimum atomic E-state index is -4.24. The quantitative estimate of drug-likeness (QED) is 0.291. The normalized spacial score (nSPS) is 15.1. The highest BCUT2D eigenvalue weighted by Gasteiger charge is 2.32. The van der Waals surface area contributed by atoms with Gasteiger partial charge in [0.2, 0.25) is 0 Å². The molecule has 3 aromatic rings. The maximum Gasteiger partial charge on any atom is 0.290 e. The van der Waals surface area contributed by atoms with Crippen LogP contribution < -0.4 is 0 Å². The van der Waals surface area contributed by atoms with Gasteiger partial charge in [-0.05, 0) is 37.1 Å². The minimum Gasteiger partial charge on any atom is -0.294 e. The molecule has 0 saturated heterocycles. The van der Waals surface area contributed by atoms with E-state index in [4.69, 9.17) is 0 Å². The minimum absolute atomic E-state index is 0.0346. The van der Waals surface area contributed by atoms with Gasteiger partial charge in [0.25, 0.3) is 10.0 Å². The molecule has 0 bridgehead atoms. The first kappa shape index (κ1) is 24.6. The zero-order valence-corrected chi connectivity index (χ0v) is 20.3. The third kappa shape index (κ3) is 5.67. The number of benzene rings is 3. The standard InChI is InChI=1S/C26H27NO4S2/c1-4-26(21(3)19-25(28)22-11-7-5-8-12-22)32(29,23-13-9-6-10-14-23)27-33(30,31)24-17-15-20(2)16-18-24/h4-18,21,26H,1,19H2,2-3H3/t21-,26-,32?/m1/s1. The molecule has 0 amide bonds. The van der Waals surface area contributed by atoms with Crippen LogP contribution in [0.5, 0.6) is 0 Å². The molecule has 172 valence electrons. The fourth-order valence-electron chi connectivity index (χ4n) is 3.59. The Morgan fingerprint density at radius 1 is 0.879 bits per heavy atom. The fourth-order valence-corrected chi connectivity index (χ4v) is 8.17. The average molecular weight is 482 g/mol. The Labute approximate surface area is 196 Å². The summed E-state index contributed by atoms with van der Waals surface area (Å²) in [6.45, 7) is 7.44. The van der Waals surface area contributed by atoms with Gasteiger partial charge < -0.3 is 0 Å². The molecule has 7 heteroatoms. The first-order chi connectivity index (χ1) is 15.7. The first-order valence-electron chi connectivity index (χ1n) is 10.5. The first-order valence-corrected chi connectivity index (χ1v) is 13.5. The predicted octanol–water partition coefficient (Wildman–Crippen LogP) is 5.67. The van der Waals surface area contributed by atoms with Crippen LogP contribution in [-0.2, 0) is 19.8 Å². The van der Waals surface area contributed by atoms with Gasteiger partial charge in [0.05, 0.1) is 19.9 Å². The van der Waals surface area contributed by atoms with E-state index < -0.39 is 30.9 Å². The molecule has 0 aliphatic carbocycles. The van der Waals surface area contributed by atoms with E-state index in [1.165, 1.54) is 18.2 Å². The number of aryl methyl sites for hydroxylation is 1. The van der Waals surface area contributed by atoms with E-state index in [-0.39, 0.29) is 22.0 Å². The van der Waals surface area contributed by atoms with E-state index in [0.717, 1.165) is 5.56 Å². The maximum atomic E-state index is 14.4. The number of ketones is 1. The molecule has 33 heavy (non-hydrogen) atoms. The predicted molar refractivity (Wildman–Crippen MR) is 132 cm³/mol. The number of nitrogens with zero attached hydrogens (tertiary/aromatic N) is 1. The van der Waals surface area contributed by atoms with E-state index in [1.54, 1.807) is 73.7 Å². The van der Waals surface area contributed by atoms with E-state index >= 15 is 0 Å². The summed E-state index contributed by atoms with van der Waals surface area (Å²) < 4.78 is 44.7. The average Bonchev–Trinajstić information content (AvgIpc) is 2.80. The summed E-state index contributed by atoms with van der Waals surface area (Å²) in [5.74, 6) is -0.592. The van der Waals surface area contributed by atoms with Crippen molar-refractivity contribution in [2.75, 3.05) is 0 Å². The highest BCUT2D eigenvalue weighted by atomic mass is 32.3. The lowest BCUT2D eigenvalue weighted by atomic mass is 9.97. The summed E-state index contributed by atoms with van der Waals surface area (Å²) in [7, 11) is -7.77. The highest BCUT2D eigenvalue weighted by molar-refractivity contribution is 8.03. The Balaban J connectivity index is 2.10. The van der Waals surface area contributed by atoms with E-state index in [0.29, 0.717) is 5.56 Å². The third-order valence-electron chi connectivity index (χ3n) is 5.37. The number of rotatable bonds is 9. The zero-order chi connectivity index (χ0) is 24.1. The molecule has 0 aliphatic rings. The van der Waals surface area contributed by atoms with E-state index in [1.807, 2.05) is 13.0 Å². The number of sulfonamides is 1. The lowest BCUT2D eigenvalue weighted by Crippen LogP contribution is -2.29. The summed E-state index contributed by atoms with van der Waals surface area (Å²) in [6, 6.07) is 23.4. The van der Waals surface area contributed by atoms with Crippen molar-refractivity contribution in [2.24, 2.45) is 9.69 Å². The van der Waals surface area contributed by atoms with Crippen molar-refractivity contribution in [3.05, 3.63) is 109 Å². The summed E-state index contributed by atoms with van der Waals surface area (Å²) in [6.07, 6.45) is 1.52. The number of Topliss-reactive ketones (excluding diaryl/α,β-unsaturated/α-hetero) is 1. The summed E-state index contributed by atoms with van der Waals surface area (Å²) >= 11 is 0. The Morgan fingerprint density at radius 2 is 1.42 bits per heavy atom. The topological polar surface area (TPSA) is 80.6 Å². The van der Waals surface area contributed by atoms with Crippen LogP contribution in [0.4, 0.5) is 0 Å². The molecular formula is C26H27NO4S2. The van der Waals surface area contributed by atoms with Gasteiger partial charge in [0.1, 0.15) is 0 Å². The smallest absolute Gasteiger partial charge is 0.290 e. The van der Waals surface area contributed by atoms with Gasteiger partial charge in [-0.15, -0.1) is 10.3 Å². The molecule has 5 nitrogen and oxygen atoms in total. The molecule has 0 N–H and O–H groups in total. The summed E-state index contributed by atoms with van der Waals surface area (Å²) in [5, 5.41) is -0.868. The molecule has 3 rings (SSSR count). The van der Waals surface area contributed by atoms with Crippen molar-refractivity contribution in [1.29, 1.82) is 0 Å². The van der Waals surface area contributed by atoms with Crippen LogP contribution >= 0.6 is 0 Å². The van der Waals surface area contributed by atoms with Crippen molar-refractivity contribution < 1.29 is 17.4 Å². The molecule has 0 radical (unpaired) electrons. The second-order valence-electron chi connectivity index (χ2n) is 7.92. The van der Waals surface area contributed by atoms with Crippen LogP contribution in [0.1, 0.15) is 29.3 Å². The molecule has 3 atom stereocenters. The molecule has 3 aromatic carbocycles. The van der Waals surface area contributed by atoms with Gasteiger partial charge in [0, 0.05) is 16.9 Å². The SMILES string of the molecule is C=C[C@H]([C@H](C)CC(=O)c1ccccc1)S(=O)(=NS(=O)(=O)c1ccc(C)cc1)c1ccccc1. The van der Waals surface area contributed by atoms with Crippen molar-refractivity contribution in [3.8, 4) is 0 Å². The largest absolute Gasteiger partial charge is 0.294 e. The third-order valence-corrected chi connectivity index (χ3v) is 10.3. The van der Waals surface area contributed by atoms with Crippen molar-refractivity contribution >= 4 is 25.5 Å². The maximum absolute atomic E-state index is 14.4. The molecule has 0 aliphatic heterocycles. The van der Waals surface area contributed by atoms with Crippen molar-refractivity contribution in [1.82, 2.24) is 0 Å². The lowest BCUT2D eigenvalue weighted by Gasteiger charge is -2.24. The second kappa shape index (κ2) is 10.3. The van der Waals surface area contributed by atoms with E-state index in [9.17, 15) is 17.4 Å². The fraction of sp³-hybridized carbons (Fsp3) is 0.192. The van der Waals surface area contributed by atoms with Crippen LogP contribution in [0.3, 0.4) is 0 Å². The van der Waals surface area contributed by atoms with Gasteiger partial charge in [-0.2, -0.15) is 8.42 Å². The molecular weight excluding hydrogens is 454 g/mol. The van der Waals surface area contributed by atoms with E-state index in [2.05, 4.69) is 10.3 Å². The monoisotopic (exact) mass is 481 g/mol. The van der Waals surface area contributed by atoms with Crippen LogP contribution in [-0.4, -0.2) is 23.7 Å². The van der Waals surface area contributed by atoms with Gasteiger partial charge >= 0.3 is 0 Å². The van der Waals surface area contributed by atoms with Gasteiger partial charge in [0.15, 0.2) is 5.78 Å². The summed E-state index contributed by atoms with van der Waals surface area (Å²) in [5.41, 5.74) is 1.44. The number of hydrogen-bond donors (Lipinski definition) is 0. The summed E-state index contributed by atoms with van der Waals surface area (Å²) in [4.78, 5) is 13.0. The molecule has 0 heterocycles. The molecule has 0 spiro atoms. The number of hydrogen-bond acceptors (Lipinski definition) is 4. The Kier molecular flexibility index (Phi) is 7.66. The van der Waals surface area contributed by atoms with Gasteiger partial charge in [-0.1, -0.05) is 79.2 Å². The zero-order valence-electron chi connectivity index (χ0n) is 18.6. The van der Waals surface area contributed by atoms with Crippen LogP contribution in [0, 0.1) is 12.8 Å². The van der Waals surface area contributed by atoms with Gasteiger partial charge in [-0.25, -0.2) is 4.21 Å². The molecule has 1 unspecified atom stereocenters. The Bertz CT molecular complexity index is 1340. The van der Waals surface area contributed by atoms with Crippen molar-refractivity contribution in [2.45, 2.75) is 35.3 Å². The van der Waals surface area contributed by atoms with Crippen LogP contribution in [0.25, 0.3) is 0 Å². The number of carbonyl (C=O) groups is 1. The number of carbonyl (C=O) groups excluding carboxylic acids is 1. The molecule has 0 aromatic heterocycles. The highest BCUT2D eigenvalue weighted by Crippen LogP contribution is 2.30. The van der Waals surface area contributed by atoms with Crippen LogP contribution in [0.15, 0.2) is 111 Å². The molecule has 0 saturated carbocycles. The Hall–Kier alpha value is -3.03. The van der Waals surface area contributed by atoms with Crippen LogP contribution in [0.2, 0.25) is 0 Å².